The number of carbonyl (C=O) groups is 2. The number of aliphatic carboxylic acids is 2. The van der Waals surface area contributed by atoms with Gasteiger partial charge in [-0.25, -0.2) is 0 Å². The molecule has 2 saturated carbocycles. The molecule has 0 radical (unpaired) electrons. The van der Waals surface area contributed by atoms with E-state index in [1.807, 2.05) is 0 Å². The number of carboxylic acids is 2. The Labute approximate surface area is 121 Å². The maximum atomic E-state index is 10.5. The summed E-state index contributed by atoms with van der Waals surface area (Å²) in [5.74, 6) is -1.27. The second-order valence-electron chi connectivity index (χ2n) is 6.05. The molecule has 0 amide bonds. The fourth-order valence-corrected chi connectivity index (χ4v) is 3.05. The normalized spacial score (nSPS) is 22.0. The average Bonchev–Trinajstić information content (AvgIpc) is 2.84. The summed E-state index contributed by atoms with van der Waals surface area (Å²) in [5, 5.41) is 17.3. The Kier molecular flexibility index (Phi) is 8.31. The van der Waals surface area contributed by atoms with E-state index >= 15 is 0 Å². The summed E-state index contributed by atoms with van der Waals surface area (Å²) in [6, 6.07) is 0. The highest BCUT2D eigenvalue weighted by Crippen LogP contribution is 2.23. The lowest BCUT2D eigenvalue weighted by molar-refractivity contribution is -0.143. The van der Waals surface area contributed by atoms with Crippen molar-refractivity contribution in [2.75, 3.05) is 0 Å². The summed E-state index contributed by atoms with van der Waals surface area (Å²) in [6.07, 6.45) is 12.9. The van der Waals surface area contributed by atoms with E-state index in [1.165, 1.54) is 25.7 Å². The smallest absolute Gasteiger partial charge is 0.306 e. The first-order chi connectivity index (χ1) is 9.61. The third-order valence-electron chi connectivity index (χ3n) is 4.41. The summed E-state index contributed by atoms with van der Waals surface area (Å²) >= 11 is 0. The molecule has 0 saturated heterocycles. The molecule has 0 aliphatic heterocycles. The third kappa shape index (κ3) is 6.92. The van der Waals surface area contributed by atoms with E-state index in [4.69, 9.17) is 10.2 Å². The molecule has 4 heteroatoms. The molecule has 4 nitrogen and oxygen atoms in total. The first-order valence-corrected chi connectivity index (χ1v) is 8.07. The van der Waals surface area contributed by atoms with Gasteiger partial charge in [0.25, 0.3) is 0 Å². The minimum atomic E-state index is -0.595. The molecule has 2 N–H and O–H groups in total. The van der Waals surface area contributed by atoms with Gasteiger partial charge in [0.1, 0.15) is 0 Å². The fourth-order valence-electron chi connectivity index (χ4n) is 3.05. The van der Waals surface area contributed by atoms with E-state index in [9.17, 15) is 9.59 Å². The van der Waals surface area contributed by atoms with Gasteiger partial charge in [-0.05, 0) is 25.7 Å². The summed E-state index contributed by atoms with van der Waals surface area (Å²) in [4.78, 5) is 21.0. The molecule has 0 aromatic heterocycles. The minimum Gasteiger partial charge on any atom is -0.481 e. The molecule has 0 aromatic rings. The van der Waals surface area contributed by atoms with Crippen molar-refractivity contribution in [3.63, 3.8) is 0 Å². The Hall–Kier alpha value is -1.06. The van der Waals surface area contributed by atoms with Crippen LogP contribution < -0.4 is 0 Å². The predicted octanol–water partition coefficient (Wildman–Crippen LogP) is 4.08. The molecule has 2 aliphatic rings. The van der Waals surface area contributed by atoms with Gasteiger partial charge >= 0.3 is 11.9 Å². The zero-order chi connectivity index (χ0) is 14.8. The number of hydrogen-bond acceptors (Lipinski definition) is 2. The fraction of sp³-hybridized carbons (Fsp3) is 0.875. The maximum Gasteiger partial charge on any atom is 0.306 e. The molecule has 2 aliphatic carbocycles. The molecular formula is C16H28O4. The van der Waals surface area contributed by atoms with Crippen LogP contribution in [0.4, 0.5) is 0 Å². The van der Waals surface area contributed by atoms with Gasteiger partial charge in [0.05, 0.1) is 11.8 Å². The van der Waals surface area contributed by atoms with Gasteiger partial charge < -0.3 is 10.2 Å². The van der Waals surface area contributed by atoms with E-state index in [0.29, 0.717) is 0 Å². The van der Waals surface area contributed by atoms with Crippen molar-refractivity contribution in [3.05, 3.63) is 0 Å². The Morgan fingerprint density at radius 3 is 1.00 bits per heavy atom. The Morgan fingerprint density at radius 1 is 0.550 bits per heavy atom. The lowest BCUT2D eigenvalue weighted by Crippen LogP contribution is -2.11. The maximum absolute atomic E-state index is 10.5. The van der Waals surface area contributed by atoms with Crippen molar-refractivity contribution < 1.29 is 19.8 Å². The summed E-state index contributed by atoms with van der Waals surface area (Å²) in [5.41, 5.74) is 0. The topological polar surface area (TPSA) is 74.6 Å². The van der Waals surface area contributed by atoms with E-state index in [-0.39, 0.29) is 11.8 Å². The van der Waals surface area contributed by atoms with Gasteiger partial charge in [-0.1, -0.05) is 51.4 Å². The van der Waals surface area contributed by atoms with Crippen molar-refractivity contribution in [2.45, 2.75) is 77.0 Å². The summed E-state index contributed by atoms with van der Waals surface area (Å²) in [6.45, 7) is 0. The highest BCUT2D eigenvalue weighted by Gasteiger charge is 2.18. The molecule has 0 aromatic carbocycles. The van der Waals surface area contributed by atoms with Crippen molar-refractivity contribution in [1.29, 1.82) is 0 Å². The second kappa shape index (κ2) is 9.78. The SMILES string of the molecule is O=C(O)C1CCCCCC1.O=C(O)C1CCCCCC1. The van der Waals surface area contributed by atoms with Crippen LogP contribution in [0.2, 0.25) is 0 Å². The van der Waals surface area contributed by atoms with Crippen LogP contribution in [-0.2, 0) is 9.59 Å². The summed E-state index contributed by atoms with van der Waals surface area (Å²) in [7, 11) is 0. The van der Waals surface area contributed by atoms with Crippen LogP contribution in [0.1, 0.15) is 77.0 Å². The molecule has 116 valence electrons. The standard InChI is InChI=1S/2C8H14O2/c2*9-8(10)7-5-3-1-2-4-6-7/h2*7H,1-6H2,(H,9,10). The van der Waals surface area contributed by atoms with Crippen LogP contribution in [0.15, 0.2) is 0 Å². The van der Waals surface area contributed by atoms with Crippen LogP contribution in [0.3, 0.4) is 0 Å². The van der Waals surface area contributed by atoms with Crippen LogP contribution in [0, 0.1) is 11.8 Å². The molecule has 0 unspecified atom stereocenters. The van der Waals surface area contributed by atoms with Crippen LogP contribution >= 0.6 is 0 Å². The monoisotopic (exact) mass is 284 g/mol. The summed E-state index contributed by atoms with van der Waals surface area (Å²) < 4.78 is 0. The van der Waals surface area contributed by atoms with Gasteiger partial charge in [-0.3, -0.25) is 9.59 Å². The van der Waals surface area contributed by atoms with Crippen molar-refractivity contribution in [1.82, 2.24) is 0 Å². The minimum absolute atomic E-state index is 0.0394. The number of carboxylic acid groups (broad SMARTS) is 2. The van der Waals surface area contributed by atoms with Crippen molar-refractivity contribution in [3.8, 4) is 0 Å². The molecule has 2 fully saturated rings. The predicted molar refractivity (Wildman–Crippen MR) is 77.7 cm³/mol. The molecule has 0 bridgehead atoms. The number of hydrogen-bond donors (Lipinski definition) is 2. The van der Waals surface area contributed by atoms with E-state index in [0.717, 1.165) is 51.4 Å². The first kappa shape index (κ1) is 17.0. The molecular weight excluding hydrogens is 256 g/mol. The molecule has 0 atom stereocenters. The van der Waals surface area contributed by atoms with Gasteiger partial charge in [-0.15, -0.1) is 0 Å². The van der Waals surface area contributed by atoms with Crippen LogP contribution in [0.25, 0.3) is 0 Å². The van der Waals surface area contributed by atoms with E-state index in [1.54, 1.807) is 0 Å². The zero-order valence-corrected chi connectivity index (χ0v) is 12.4. The van der Waals surface area contributed by atoms with Gasteiger partial charge in [0.15, 0.2) is 0 Å². The highest BCUT2D eigenvalue weighted by molar-refractivity contribution is 5.70. The van der Waals surface area contributed by atoms with Gasteiger partial charge in [0.2, 0.25) is 0 Å². The van der Waals surface area contributed by atoms with Crippen LogP contribution in [-0.4, -0.2) is 22.2 Å². The van der Waals surface area contributed by atoms with E-state index < -0.39 is 11.9 Å². The van der Waals surface area contributed by atoms with E-state index in [2.05, 4.69) is 0 Å². The lowest BCUT2D eigenvalue weighted by Gasteiger charge is -2.05. The largest absolute Gasteiger partial charge is 0.481 e. The first-order valence-electron chi connectivity index (χ1n) is 8.07. The Balaban J connectivity index is 0.000000200. The number of rotatable bonds is 2. The Morgan fingerprint density at radius 2 is 0.800 bits per heavy atom. The van der Waals surface area contributed by atoms with Gasteiger partial charge in [0, 0.05) is 0 Å². The van der Waals surface area contributed by atoms with Crippen LogP contribution in [0.5, 0.6) is 0 Å². The third-order valence-corrected chi connectivity index (χ3v) is 4.41. The van der Waals surface area contributed by atoms with Crippen molar-refractivity contribution >= 4 is 11.9 Å². The van der Waals surface area contributed by atoms with Gasteiger partial charge in [-0.2, -0.15) is 0 Å². The molecule has 0 spiro atoms. The Bertz CT molecular complexity index is 255. The second-order valence-corrected chi connectivity index (χ2v) is 6.05. The average molecular weight is 284 g/mol. The zero-order valence-electron chi connectivity index (χ0n) is 12.4. The molecule has 20 heavy (non-hydrogen) atoms. The highest BCUT2D eigenvalue weighted by atomic mass is 16.4. The molecule has 2 rings (SSSR count). The lowest BCUT2D eigenvalue weighted by atomic mass is 10.0. The van der Waals surface area contributed by atoms with Crippen molar-refractivity contribution in [2.24, 2.45) is 11.8 Å². The molecule has 0 heterocycles. The quantitative estimate of drug-likeness (QED) is 0.749.